The molecule has 4 rings (SSSR count). The van der Waals surface area contributed by atoms with Crippen molar-refractivity contribution in [3.05, 3.63) is 77.5 Å². The van der Waals surface area contributed by atoms with Crippen molar-refractivity contribution in [3.8, 4) is 0 Å². The number of rotatable bonds is 4. The first kappa shape index (κ1) is 16.4. The predicted molar refractivity (Wildman–Crippen MR) is 114 cm³/mol. The highest BCUT2D eigenvalue weighted by Crippen LogP contribution is 2.34. The van der Waals surface area contributed by atoms with E-state index in [0.29, 0.717) is 0 Å². The minimum atomic E-state index is -1.76. The quantitative estimate of drug-likeness (QED) is 0.375. The van der Waals surface area contributed by atoms with Crippen molar-refractivity contribution in [2.75, 3.05) is 0 Å². The van der Waals surface area contributed by atoms with Crippen LogP contribution in [0.3, 0.4) is 0 Å². The standard InChI is InChI=1S/C24H26Si/c1-4-10-18-13-9-16-23(18)25(2,3)24-21-14-7-5-11-19(21)17-20-12-6-8-15-22(20)24/h5-9,11-15,17H,4,10,16H2,1-3H3. The maximum Gasteiger partial charge on any atom is 0.109 e. The second kappa shape index (κ2) is 6.31. The molecule has 0 unspecified atom stereocenters. The first-order chi connectivity index (χ1) is 12.1. The second-order valence-electron chi connectivity index (χ2n) is 7.68. The van der Waals surface area contributed by atoms with Gasteiger partial charge in [0.1, 0.15) is 8.07 Å². The highest BCUT2D eigenvalue weighted by atomic mass is 28.3. The highest BCUT2D eigenvalue weighted by Gasteiger charge is 2.33. The van der Waals surface area contributed by atoms with Gasteiger partial charge in [0.25, 0.3) is 0 Å². The molecule has 0 fully saturated rings. The molecule has 0 amide bonds. The van der Waals surface area contributed by atoms with Crippen LogP contribution in [0.25, 0.3) is 21.5 Å². The Morgan fingerprint density at radius 1 is 0.880 bits per heavy atom. The third-order valence-corrected chi connectivity index (χ3v) is 9.52. The van der Waals surface area contributed by atoms with Crippen LogP contribution in [-0.4, -0.2) is 8.07 Å². The molecule has 126 valence electrons. The zero-order chi connectivity index (χ0) is 17.4. The Morgan fingerprint density at radius 2 is 1.48 bits per heavy atom. The molecule has 0 atom stereocenters. The zero-order valence-electron chi connectivity index (χ0n) is 15.5. The molecule has 0 N–H and O–H groups in total. The third kappa shape index (κ3) is 2.67. The molecule has 0 nitrogen and oxygen atoms in total. The molecule has 0 heterocycles. The minimum absolute atomic E-state index is 1.14. The smallest absolute Gasteiger partial charge is 0.0806 e. The highest BCUT2D eigenvalue weighted by molar-refractivity contribution is 6.98. The molecule has 0 aliphatic heterocycles. The summed E-state index contributed by atoms with van der Waals surface area (Å²) in [5.41, 5.74) is 1.61. The van der Waals surface area contributed by atoms with E-state index in [9.17, 15) is 0 Å². The lowest BCUT2D eigenvalue weighted by molar-refractivity contribution is 0.923. The van der Waals surface area contributed by atoms with Gasteiger partial charge >= 0.3 is 0 Å². The van der Waals surface area contributed by atoms with Gasteiger partial charge in [0.2, 0.25) is 0 Å². The fourth-order valence-electron chi connectivity index (χ4n) is 4.55. The largest absolute Gasteiger partial charge is 0.109 e. The third-order valence-electron chi connectivity index (χ3n) is 5.70. The summed E-state index contributed by atoms with van der Waals surface area (Å²) in [6, 6.07) is 20.3. The average molecular weight is 343 g/mol. The van der Waals surface area contributed by atoms with Crippen molar-refractivity contribution in [1.82, 2.24) is 0 Å². The van der Waals surface area contributed by atoms with E-state index >= 15 is 0 Å². The van der Waals surface area contributed by atoms with Crippen molar-refractivity contribution in [3.63, 3.8) is 0 Å². The van der Waals surface area contributed by atoms with Crippen molar-refractivity contribution in [1.29, 1.82) is 0 Å². The van der Waals surface area contributed by atoms with Crippen molar-refractivity contribution >= 4 is 34.8 Å². The van der Waals surface area contributed by atoms with Crippen molar-refractivity contribution in [2.24, 2.45) is 0 Å². The normalized spacial score (nSPS) is 14.8. The van der Waals surface area contributed by atoms with Crippen LogP contribution in [0, 0.1) is 0 Å². The van der Waals surface area contributed by atoms with Crippen LogP contribution in [0.15, 0.2) is 77.5 Å². The van der Waals surface area contributed by atoms with E-state index < -0.39 is 8.07 Å². The summed E-state index contributed by atoms with van der Waals surface area (Å²) >= 11 is 0. The number of benzene rings is 3. The van der Waals surface area contributed by atoms with E-state index in [-0.39, 0.29) is 0 Å². The van der Waals surface area contributed by atoms with Gasteiger partial charge in [-0.15, -0.1) is 0 Å². The summed E-state index contributed by atoms with van der Waals surface area (Å²) in [5.74, 6) is 0. The predicted octanol–water partition coefficient (Wildman–Crippen LogP) is 6.50. The van der Waals surface area contributed by atoms with Crippen LogP contribution < -0.4 is 5.19 Å². The van der Waals surface area contributed by atoms with Gasteiger partial charge in [0.05, 0.1) is 0 Å². The number of fused-ring (bicyclic) bond motifs is 2. The van der Waals surface area contributed by atoms with E-state index in [1.54, 1.807) is 16.0 Å². The molecule has 3 aromatic carbocycles. The molecule has 0 saturated carbocycles. The molecular weight excluding hydrogens is 316 g/mol. The molecule has 0 bridgehead atoms. The number of hydrogen-bond acceptors (Lipinski definition) is 0. The molecule has 3 aromatic rings. The molecule has 0 spiro atoms. The monoisotopic (exact) mass is 342 g/mol. The number of allylic oxidation sites excluding steroid dienone is 4. The maximum absolute atomic E-state index is 2.55. The Kier molecular flexibility index (Phi) is 4.13. The van der Waals surface area contributed by atoms with Crippen LogP contribution in [0.5, 0.6) is 0 Å². The van der Waals surface area contributed by atoms with Crippen molar-refractivity contribution < 1.29 is 0 Å². The summed E-state index contributed by atoms with van der Waals surface area (Å²) < 4.78 is 0. The van der Waals surface area contributed by atoms with Gasteiger partial charge in [-0.1, -0.05) is 97.9 Å². The Morgan fingerprint density at radius 3 is 2.08 bits per heavy atom. The summed E-state index contributed by atoms with van der Waals surface area (Å²) in [7, 11) is -1.76. The Bertz CT molecular complexity index is 951. The molecule has 1 aliphatic rings. The van der Waals surface area contributed by atoms with Gasteiger partial charge in [0.15, 0.2) is 0 Å². The molecule has 0 saturated heterocycles. The molecule has 1 heteroatoms. The lowest BCUT2D eigenvalue weighted by atomic mass is 10.0. The van der Waals surface area contributed by atoms with Gasteiger partial charge in [-0.05, 0) is 45.6 Å². The van der Waals surface area contributed by atoms with E-state index in [0.717, 1.165) is 6.42 Å². The van der Waals surface area contributed by atoms with Gasteiger partial charge in [-0.3, -0.25) is 0 Å². The first-order valence-corrected chi connectivity index (χ1v) is 12.4. The maximum atomic E-state index is 2.55. The van der Waals surface area contributed by atoms with Crippen LogP contribution >= 0.6 is 0 Å². The fourth-order valence-corrected chi connectivity index (χ4v) is 8.29. The average Bonchev–Trinajstić information content (AvgIpc) is 3.09. The molecule has 0 aromatic heterocycles. The zero-order valence-corrected chi connectivity index (χ0v) is 16.5. The topological polar surface area (TPSA) is 0 Å². The molecule has 25 heavy (non-hydrogen) atoms. The van der Waals surface area contributed by atoms with Crippen LogP contribution in [0.1, 0.15) is 26.2 Å². The lowest BCUT2D eigenvalue weighted by Crippen LogP contribution is -2.45. The number of hydrogen-bond donors (Lipinski definition) is 0. The van der Waals surface area contributed by atoms with E-state index in [1.165, 1.54) is 34.4 Å². The van der Waals surface area contributed by atoms with E-state index in [1.807, 2.05) is 0 Å². The second-order valence-corrected chi connectivity index (χ2v) is 12.0. The Hall–Kier alpha value is -2.12. The van der Waals surface area contributed by atoms with E-state index in [4.69, 9.17) is 0 Å². The summed E-state index contributed by atoms with van der Waals surface area (Å²) in [5, 5.41) is 9.01. The van der Waals surface area contributed by atoms with Crippen LogP contribution in [0.4, 0.5) is 0 Å². The summed E-state index contributed by atoms with van der Waals surface area (Å²) in [6.45, 7) is 7.40. The van der Waals surface area contributed by atoms with Crippen molar-refractivity contribution in [2.45, 2.75) is 39.3 Å². The summed E-state index contributed by atoms with van der Waals surface area (Å²) in [4.78, 5) is 0. The molecule has 1 aliphatic carbocycles. The van der Waals surface area contributed by atoms with Crippen LogP contribution in [0.2, 0.25) is 13.1 Å². The minimum Gasteiger partial charge on any atom is -0.0806 e. The Balaban J connectivity index is 2.06. The lowest BCUT2D eigenvalue weighted by Gasteiger charge is -2.30. The van der Waals surface area contributed by atoms with Crippen LogP contribution in [-0.2, 0) is 0 Å². The Labute approximate surface area is 151 Å². The van der Waals surface area contributed by atoms with Gasteiger partial charge in [-0.25, -0.2) is 0 Å². The molecular formula is C24H26Si. The van der Waals surface area contributed by atoms with Gasteiger partial charge in [0, 0.05) is 0 Å². The van der Waals surface area contributed by atoms with Gasteiger partial charge in [-0.2, -0.15) is 0 Å². The SMILES string of the molecule is CCCC1=C([Si](C)(C)c2c3ccccc3cc3ccccc23)CC=C1. The van der Waals surface area contributed by atoms with E-state index in [2.05, 4.69) is 86.8 Å². The summed E-state index contributed by atoms with van der Waals surface area (Å²) in [6.07, 6.45) is 8.35. The van der Waals surface area contributed by atoms with Gasteiger partial charge < -0.3 is 0 Å². The fraction of sp³-hybridized carbons (Fsp3) is 0.250. The first-order valence-electron chi connectivity index (χ1n) is 9.43. The molecule has 0 radical (unpaired) electrons.